The standard InChI is InChI=1S/C6H5N3O4/c10-3-1-2-9-5(12)7-4(11)8-6(9)13/h1-3H,(H2,7,8,11,12,13). The second kappa shape index (κ2) is 3.48. The van der Waals surface area contributed by atoms with E-state index in [-0.39, 0.29) is 0 Å². The maximum absolute atomic E-state index is 10.9. The van der Waals surface area contributed by atoms with Crippen molar-refractivity contribution in [3.05, 3.63) is 37.5 Å². The third-order valence-electron chi connectivity index (χ3n) is 1.19. The summed E-state index contributed by atoms with van der Waals surface area (Å²) in [5, 5.41) is 0. The molecule has 2 N–H and O–H groups in total. The van der Waals surface area contributed by atoms with Crippen molar-refractivity contribution in [1.82, 2.24) is 14.5 Å². The molecule has 1 heterocycles. The van der Waals surface area contributed by atoms with Gasteiger partial charge in [0.25, 0.3) is 0 Å². The topological polar surface area (TPSA) is 105 Å². The average molecular weight is 183 g/mol. The largest absolute Gasteiger partial charge is 0.337 e. The Morgan fingerprint density at radius 3 is 2.08 bits per heavy atom. The molecule has 0 aliphatic rings. The Morgan fingerprint density at radius 1 is 1.08 bits per heavy atom. The molecule has 7 nitrogen and oxygen atoms in total. The third-order valence-corrected chi connectivity index (χ3v) is 1.19. The van der Waals surface area contributed by atoms with Crippen LogP contribution in [0.25, 0.3) is 6.20 Å². The van der Waals surface area contributed by atoms with Crippen molar-refractivity contribution in [2.24, 2.45) is 0 Å². The molecule has 0 spiro atoms. The lowest BCUT2D eigenvalue weighted by atomic mass is 10.6. The zero-order valence-electron chi connectivity index (χ0n) is 6.31. The Bertz CT molecular complexity index is 469. The number of aromatic nitrogens is 3. The number of carbonyl (C=O) groups is 1. The SMILES string of the molecule is O=CC=Cn1c(=O)[nH]c(=O)[nH]c1=O. The van der Waals surface area contributed by atoms with Gasteiger partial charge in [0.1, 0.15) is 6.29 Å². The number of rotatable bonds is 2. The van der Waals surface area contributed by atoms with Crippen molar-refractivity contribution in [2.45, 2.75) is 0 Å². The highest BCUT2D eigenvalue weighted by atomic mass is 16.2. The number of H-pyrrole nitrogens is 2. The molecular weight excluding hydrogens is 178 g/mol. The molecule has 1 rings (SSSR count). The summed E-state index contributed by atoms with van der Waals surface area (Å²) in [5.74, 6) is 0. The van der Waals surface area contributed by atoms with Crippen LogP contribution in [0, 0.1) is 0 Å². The minimum atomic E-state index is -0.896. The first-order valence-corrected chi connectivity index (χ1v) is 3.22. The number of nitrogens with one attached hydrogen (secondary N) is 2. The summed E-state index contributed by atoms with van der Waals surface area (Å²) in [4.78, 5) is 45.8. The Morgan fingerprint density at radius 2 is 1.62 bits per heavy atom. The van der Waals surface area contributed by atoms with E-state index in [9.17, 15) is 19.2 Å². The van der Waals surface area contributed by atoms with E-state index in [0.29, 0.717) is 10.9 Å². The second-order valence-electron chi connectivity index (χ2n) is 2.04. The van der Waals surface area contributed by atoms with E-state index in [1.807, 2.05) is 9.97 Å². The molecule has 0 atom stereocenters. The van der Waals surface area contributed by atoms with Gasteiger partial charge in [-0.2, -0.15) is 0 Å². The van der Waals surface area contributed by atoms with Gasteiger partial charge >= 0.3 is 17.1 Å². The van der Waals surface area contributed by atoms with E-state index in [4.69, 9.17) is 0 Å². The lowest BCUT2D eigenvalue weighted by Gasteiger charge is -1.91. The van der Waals surface area contributed by atoms with Crippen LogP contribution in [0.2, 0.25) is 0 Å². The molecule has 0 aliphatic carbocycles. The summed E-state index contributed by atoms with van der Waals surface area (Å²) >= 11 is 0. The molecule has 0 amide bonds. The van der Waals surface area contributed by atoms with Crippen LogP contribution in [0.5, 0.6) is 0 Å². The first-order valence-electron chi connectivity index (χ1n) is 3.22. The lowest BCUT2D eigenvalue weighted by molar-refractivity contribution is -0.104. The van der Waals surface area contributed by atoms with Crippen molar-refractivity contribution in [2.75, 3.05) is 0 Å². The normalized spacial score (nSPS) is 10.5. The number of hydrogen-bond donors (Lipinski definition) is 2. The molecule has 13 heavy (non-hydrogen) atoms. The molecular formula is C6H5N3O4. The fourth-order valence-corrected chi connectivity index (χ4v) is 0.695. The smallest absolute Gasteiger partial charge is 0.299 e. The quantitative estimate of drug-likeness (QED) is 0.404. The van der Waals surface area contributed by atoms with Crippen molar-refractivity contribution in [3.8, 4) is 0 Å². The van der Waals surface area contributed by atoms with Crippen molar-refractivity contribution in [3.63, 3.8) is 0 Å². The van der Waals surface area contributed by atoms with E-state index in [0.717, 1.165) is 12.3 Å². The summed E-state index contributed by atoms with van der Waals surface area (Å²) < 4.78 is 0.565. The zero-order chi connectivity index (χ0) is 9.84. The molecule has 0 aromatic carbocycles. The van der Waals surface area contributed by atoms with Gasteiger partial charge in [0, 0.05) is 6.20 Å². The Kier molecular flexibility index (Phi) is 2.38. The minimum Gasteiger partial charge on any atom is -0.299 e. The molecule has 0 saturated carbocycles. The first kappa shape index (κ1) is 8.91. The fraction of sp³-hybridized carbons (Fsp3) is 0. The summed E-state index contributed by atoms with van der Waals surface area (Å²) in [5.41, 5.74) is -2.68. The molecule has 68 valence electrons. The predicted molar refractivity (Wildman–Crippen MR) is 43.3 cm³/mol. The highest BCUT2D eigenvalue weighted by Crippen LogP contribution is 1.67. The van der Waals surface area contributed by atoms with E-state index >= 15 is 0 Å². The van der Waals surface area contributed by atoms with E-state index in [1.165, 1.54) is 0 Å². The maximum Gasteiger partial charge on any atom is 0.337 e. The van der Waals surface area contributed by atoms with E-state index in [1.54, 1.807) is 0 Å². The van der Waals surface area contributed by atoms with E-state index in [2.05, 4.69) is 0 Å². The predicted octanol–water partition coefficient (Wildman–Crippen LogP) is -2.11. The van der Waals surface area contributed by atoms with Crippen LogP contribution in [0.3, 0.4) is 0 Å². The summed E-state index contributed by atoms with van der Waals surface area (Å²) in [6.07, 6.45) is 2.30. The molecule has 0 radical (unpaired) electrons. The third kappa shape index (κ3) is 1.89. The number of nitrogens with zero attached hydrogens (tertiary/aromatic N) is 1. The molecule has 1 aromatic rings. The van der Waals surface area contributed by atoms with Gasteiger partial charge in [-0.05, 0) is 6.08 Å². The van der Waals surface area contributed by atoms with Gasteiger partial charge in [0.2, 0.25) is 0 Å². The summed E-state index contributed by atoms with van der Waals surface area (Å²) in [7, 11) is 0. The van der Waals surface area contributed by atoms with Crippen LogP contribution in [-0.2, 0) is 4.79 Å². The Balaban J connectivity index is 3.47. The van der Waals surface area contributed by atoms with Crippen LogP contribution in [0.15, 0.2) is 20.5 Å². The Labute approximate surface area is 70.4 Å². The summed E-state index contributed by atoms with van der Waals surface area (Å²) in [6, 6.07) is 0. The molecule has 0 unspecified atom stereocenters. The number of carbonyl (C=O) groups excluding carboxylic acids is 1. The highest BCUT2D eigenvalue weighted by Gasteiger charge is 1.96. The van der Waals surface area contributed by atoms with Gasteiger partial charge in [-0.1, -0.05) is 0 Å². The van der Waals surface area contributed by atoms with E-state index < -0.39 is 17.1 Å². The van der Waals surface area contributed by atoms with Gasteiger partial charge in [-0.25, -0.2) is 19.0 Å². The van der Waals surface area contributed by atoms with Crippen LogP contribution in [0.4, 0.5) is 0 Å². The van der Waals surface area contributed by atoms with Gasteiger partial charge < -0.3 is 0 Å². The average Bonchev–Trinajstić information content (AvgIpc) is 2.02. The molecule has 0 aliphatic heterocycles. The number of hydrogen-bond acceptors (Lipinski definition) is 4. The van der Waals surface area contributed by atoms with Crippen molar-refractivity contribution in [1.29, 1.82) is 0 Å². The molecule has 0 saturated heterocycles. The fourth-order valence-electron chi connectivity index (χ4n) is 0.695. The molecule has 0 fully saturated rings. The first-order chi connectivity index (χ1) is 6.15. The van der Waals surface area contributed by atoms with Gasteiger partial charge in [0.05, 0.1) is 0 Å². The van der Waals surface area contributed by atoms with Crippen LogP contribution in [-0.4, -0.2) is 20.8 Å². The van der Waals surface area contributed by atoms with Crippen molar-refractivity contribution >= 4 is 12.5 Å². The highest BCUT2D eigenvalue weighted by molar-refractivity contribution is 5.69. The van der Waals surface area contributed by atoms with Gasteiger partial charge in [0.15, 0.2) is 0 Å². The number of aromatic amines is 2. The van der Waals surface area contributed by atoms with Crippen LogP contribution < -0.4 is 17.1 Å². The number of allylic oxidation sites excluding steroid dienone is 1. The zero-order valence-corrected chi connectivity index (χ0v) is 6.31. The molecule has 7 heteroatoms. The lowest BCUT2D eigenvalue weighted by Crippen LogP contribution is -2.40. The van der Waals surface area contributed by atoms with Crippen molar-refractivity contribution < 1.29 is 4.79 Å². The second-order valence-corrected chi connectivity index (χ2v) is 2.04. The molecule has 1 aromatic heterocycles. The molecule has 0 bridgehead atoms. The summed E-state index contributed by atoms with van der Waals surface area (Å²) in [6.45, 7) is 0. The van der Waals surface area contributed by atoms with Crippen LogP contribution >= 0.6 is 0 Å². The van der Waals surface area contributed by atoms with Crippen LogP contribution in [0.1, 0.15) is 0 Å². The minimum absolute atomic E-state index is 0.400. The number of aldehydes is 1. The maximum atomic E-state index is 10.9. The van der Waals surface area contributed by atoms with Gasteiger partial charge in [-0.15, -0.1) is 0 Å². The Hall–Kier alpha value is -2.18. The van der Waals surface area contributed by atoms with Gasteiger partial charge in [-0.3, -0.25) is 14.8 Å². The monoisotopic (exact) mass is 183 g/mol.